The molecule has 1 N–H and O–H groups in total. The van der Waals surface area contributed by atoms with Crippen molar-refractivity contribution in [1.82, 2.24) is 14.8 Å². The second kappa shape index (κ2) is 5.43. The van der Waals surface area contributed by atoms with Gasteiger partial charge in [0, 0.05) is 35.9 Å². The second-order valence-electron chi connectivity index (χ2n) is 6.68. The first-order valence-corrected chi connectivity index (χ1v) is 8.32. The Balaban J connectivity index is 1.60. The fraction of sp³-hybridized carbons (Fsp3) is 0.500. The van der Waals surface area contributed by atoms with Crippen molar-refractivity contribution < 1.29 is 4.79 Å². The molecule has 1 amide bonds. The first-order valence-electron chi connectivity index (χ1n) is 8.32. The van der Waals surface area contributed by atoms with Crippen LogP contribution in [0.3, 0.4) is 0 Å². The summed E-state index contributed by atoms with van der Waals surface area (Å²) >= 11 is 0. The second-order valence-corrected chi connectivity index (χ2v) is 6.68. The van der Waals surface area contributed by atoms with Crippen molar-refractivity contribution >= 4 is 16.8 Å². The molecule has 0 saturated carbocycles. The van der Waals surface area contributed by atoms with E-state index in [9.17, 15) is 4.79 Å². The summed E-state index contributed by atoms with van der Waals surface area (Å²) in [5, 5.41) is 1.16. The van der Waals surface area contributed by atoms with E-state index in [4.69, 9.17) is 0 Å². The van der Waals surface area contributed by atoms with Gasteiger partial charge in [0.05, 0.1) is 0 Å². The number of aromatic nitrogens is 1. The molecule has 116 valence electrons. The Bertz CT molecular complexity index is 692. The van der Waals surface area contributed by atoms with Gasteiger partial charge in [0.25, 0.3) is 5.91 Å². The first kappa shape index (κ1) is 13.8. The molecular weight excluding hydrogens is 274 g/mol. The zero-order chi connectivity index (χ0) is 15.1. The van der Waals surface area contributed by atoms with Crippen LogP contribution < -0.4 is 0 Å². The van der Waals surface area contributed by atoms with Gasteiger partial charge < -0.3 is 14.8 Å². The third kappa shape index (κ3) is 2.22. The van der Waals surface area contributed by atoms with Crippen molar-refractivity contribution in [3.05, 3.63) is 36.0 Å². The number of benzene rings is 1. The zero-order valence-electron chi connectivity index (χ0n) is 13.1. The molecule has 3 heterocycles. The largest absolute Gasteiger partial charge is 0.361 e. The molecule has 2 fully saturated rings. The summed E-state index contributed by atoms with van der Waals surface area (Å²) in [5.74, 6) is 0.194. The topological polar surface area (TPSA) is 39.3 Å². The van der Waals surface area contributed by atoms with Crippen molar-refractivity contribution in [2.24, 2.45) is 0 Å². The molecule has 4 heteroatoms. The number of rotatable bonds is 2. The normalized spacial score (nSPS) is 26.1. The summed E-state index contributed by atoms with van der Waals surface area (Å²) in [4.78, 5) is 20.7. The Hall–Kier alpha value is -1.81. The number of amides is 1. The molecule has 4 rings (SSSR count). The monoisotopic (exact) mass is 297 g/mol. The molecule has 2 unspecified atom stereocenters. The van der Waals surface area contributed by atoms with Gasteiger partial charge in [-0.1, -0.05) is 6.07 Å². The van der Waals surface area contributed by atoms with Crippen LogP contribution in [0.15, 0.2) is 30.5 Å². The number of nitrogens with zero attached hydrogens (tertiary/aromatic N) is 2. The van der Waals surface area contributed by atoms with E-state index in [0.29, 0.717) is 12.1 Å². The molecule has 2 aliphatic rings. The molecule has 2 saturated heterocycles. The average molecular weight is 297 g/mol. The molecular formula is C18H23N3O. The van der Waals surface area contributed by atoms with Crippen molar-refractivity contribution in [3.8, 4) is 0 Å². The summed E-state index contributed by atoms with van der Waals surface area (Å²) in [6.07, 6.45) is 6.68. The number of H-pyrrole nitrogens is 1. The number of hydrogen-bond donors (Lipinski definition) is 1. The van der Waals surface area contributed by atoms with E-state index >= 15 is 0 Å². The Morgan fingerprint density at radius 2 is 1.95 bits per heavy atom. The average Bonchev–Trinajstić information content (AvgIpc) is 3.25. The fourth-order valence-corrected chi connectivity index (χ4v) is 4.21. The molecule has 2 aromatic rings. The molecule has 0 spiro atoms. The third-order valence-corrected chi connectivity index (χ3v) is 5.38. The maximum atomic E-state index is 13.0. The lowest BCUT2D eigenvalue weighted by Crippen LogP contribution is -2.47. The van der Waals surface area contributed by atoms with Crippen LogP contribution in [0.1, 0.15) is 36.0 Å². The minimum atomic E-state index is 0.194. The number of fused-ring (bicyclic) bond motifs is 1. The highest BCUT2D eigenvalue weighted by atomic mass is 16.2. The van der Waals surface area contributed by atoms with Gasteiger partial charge in [0.1, 0.15) is 0 Å². The van der Waals surface area contributed by atoms with Crippen LogP contribution in [0.5, 0.6) is 0 Å². The number of carbonyl (C=O) groups excluding carboxylic acids is 1. The molecule has 0 radical (unpaired) electrons. The minimum absolute atomic E-state index is 0.194. The number of likely N-dealkylation sites (N-methyl/N-ethyl adjacent to an activating group) is 1. The van der Waals surface area contributed by atoms with E-state index in [-0.39, 0.29) is 5.91 Å². The lowest BCUT2D eigenvalue weighted by Gasteiger charge is -2.33. The highest BCUT2D eigenvalue weighted by Crippen LogP contribution is 2.30. The highest BCUT2D eigenvalue weighted by Gasteiger charge is 2.38. The zero-order valence-corrected chi connectivity index (χ0v) is 13.1. The van der Waals surface area contributed by atoms with Gasteiger partial charge in [-0.2, -0.15) is 0 Å². The van der Waals surface area contributed by atoms with E-state index in [1.807, 2.05) is 30.5 Å². The van der Waals surface area contributed by atoms with Gasteiger partial charge >= 0.3 is 0 Å². The number of aromatic amines is 1. The number of hydrogen-bond acceptors (Lipinski definition) is 2. The van der Waals surface area contributed by atoms with Crippen molar-refractivity contribution in [1.29, 1.82) is 0 Å². The predicted molar refractivity (Wildman–Crippen MR) is 88.0 cm³/mol. The standard InChI is InChI=1S/C18H23N3O/c1-20-10-2-4-16(20)17-5-3-11-21(17)18(22)14-7-6-13-8-9-19-15(13)12-14/h6-9,12,16-17,19H,2-5,10-11H2,1H3. The third-order valence-electron chi connectivity index (χ3n) is 5.38. The lowest BCUT2D eigenvalue weighted by molar-refractivity contribution is 0.0664. The maximum Gasteiger partial charge on any atom is 0.254 e. The van der Waals surface area contributed by atoms with E-state index in [0.717, 1.165) is 42.4 Å². The van der Waals surface area contributed by atoms with Crippen LogP contribution in [0, 0.1) is 0 Å². The Morgan fingerprint density at radius 3 is 2.77 bits per heavy atom. The molecule has 2 atom stereocenters. The Labute approximate surface area is 131 Å². The van der Waals surface area contributed by atoms with Crippen LogP contribution >= 0.6 is 0 Å². The first-order chi connectivity index (χ1) is 10.7. The van der Waals surface area contributed by atoms with Gasteiger partial charge in [-0.25, -0.2) is 0 Å². The number of carbonyl (C=O) groups is 1. The van der Waals surface area contributed by atoms with Gasteiger partial charge in [-0.05, 0) is 62.9 Å². The van der Waals surface area contributed by atoms with Gasteiger partial charge in [0.2, 0.25) is 0 Å². The van der Waals surface area contributed by atoms with E-state index in [1.165, 1.54) is 12.8 Å². The van der Waals surface area contributed by atoms with Crippen LogP contribution in [0.2, 0.25) is 0 Å². The Kier molecular flexibility index (Phi) is 3.41. The highest BCUT2D eigenvalue weighted by molar-refractivity contribution is 5.98. The van der Waals surface area contributed by atoms with Gasteiger partial charge in [-0.15, -0.1) is 0 Å². The molecule has 2 aliphatic heterocycles. The van der Waals surface area contributed by atoms with E-state index in [1.54, 1.807) is 0 Å². The summed E-state index contributed by atoms with van der Waals surface area (Å²) in [5.41, 5.74) is 1.85. The Morgan fingerprint density at radius 1 is 1.14 bits per heavy atom. The minimum Gasteiger partial charge on any atom is -0.361 e. The van der Waals surface area contributed by atoms with Crippen LogP contribution in [-0.2, 0) is 0 Å². The van der Waals surface area contributed by atoms with Crippen LogP contribution in [0.25, 0.3) is 10.9 Å². The summed E-state index contributed by atoms with van der Waals surface area (Å²) in [6.45, 7) is 2.06. The van der Waals surface area contributed by atoms with E-state index in [2.05, 4.69) is 21.8 Å². The van der Waals surface area contributed by atoms with Crippen LogP contribution in [0.4, 0.5) is 0 Å². The molecule has 22 heavy (non-hydrogen) atoms. The molecule has 1 aromatic heterocycles. The van der Waals surface area contributed by atoms with E-state index < -0.39 is 0 Å². The maximum absolute atomic E-state index is 13.0. The molecule has 1 aromatic carbocycles. The molecule has 4 nitrogen and oxygen atoms in total. The van der Waals surface area contributed by atoms with Crippen molar-refractivity contribution in [2.75, 3.05) is 20.1 Å². The SMILES string of the molecule is CN1CCCC1C1CCCN1C(=O)c1ccc2cc[nH]c2c1. The van der Waals surface area contributed by atoms with Gasteiger partial charge in [-0.3, -0.25) is 4.79 Å². The lowest BCUT2D eigenvalue weighted by atomic mass is 10.0. The predicted octanol–water partition coefficient (Wildman–Crippen LogP) is 2.87. The van der Waals surface area contributed by atoms with Crippen molar-refractivity contribution in [3.63, 3.8) is 0 Å². The van der Waals surface area contributed by atoms with Gasteiger partial charge in [0.15, 0.2) is 0 Å². The van der Waals surface area contributed by atoms with Crippen LogP contribution in [-0.4, -0.2) is 52.9 Å². The smallest absolute Gasteiger partial charge is 0.254 e. The number of nitrogens with one attached hydrogen (secondary N) is 1. The van der Waals surface area contributed by atoms with Crippen molar-refractivity contribution in [2.45, 2.75) is 37.8 Å². The molecule has 0 bridgehead atoms. The summed E-state index contributed by atoms with van der Waals surface area (Å²) in [7, 11) is 2.20. The summed E-state index contributed by atoms with van der Waals surface area (Å²) in [6, 6.07) is 8.96. The fourth-order valence-electron chi connectivity index (χ4n) is 4.21. The summed E-state index contributed by atoms with van der Waals surface area (Å²) < 4.78 is 0. The number of likely N-dealkylation sites (tertiary alicyclic amines) is 2. The quantitative estimate of drug-likeness (QED) is 0.926. The molecule has 0 aliphatic carbocycles.